The second kappa shape index (κ2) is 5.82. The second-order valence-corrected chi connectivity index (χ2v) is 5.04. The number of anilines is 1. The maximum atomic E-state index is 11.9. The SMILES string of the molecule is CCCC[C@H]1C[C@@H]1C(=O)Nc1ccc([N+](=O)[O-])cc1. The Morgan fingerprint density at radius 1 is 1.42 bits per heavy atom. The standard InChI is InChI=1S/C14H18N2O3/c1-2-3-4-10-9-13(10)14(17)15-11-5-7-12(8-6-11)16(18)19/h5-8,10,13H,2-4,9H2,1H3,(H,15,17)/t10-,13-/m0/s1. The van der Waals surface area contributed by atoms with E-state index < -0.39 is 4.92 Å². The van der Waals surface area contributed by atoms with E-state index in [1.54, 1.807) is 12.1 Å². The van der Waals surface area contributed by atoms with Crippen LogP contribution in [0.2, 0.25) is 0 Å². The lowest BCUT2D eigenvalue weighted by Crippen LogP contribution is -2.14. The van der Waals surface area contributed by atoms with Gasteiger partial charge in [0.25, 0.3) is 5.69 Å². The van der Waals surface area contributed by atoms with Gasteiger partial charge in [0.1, 0.15) is 0 Å². The van der Waals surface area contributed by atoms with E-state index in [1.165, 1.54) is 18.6 Å². The fraction of sp³-hybridized carbons (Fsp3) is 0.500. The van der Waals surface area contributed by atoms with Gasteiger partial charge in [0, 0.05) is 23.7 Å². The van der Waals surface area contributed by atoms with Gasteiger partial charge in [0.05, 0.1) is 4.92 Å². The van der Waals surface area contributed by atoms with Crippen LogP contribution in [0.3, 0.4) is 0 Å². The van der Waals surface area contributed by atoms with Crippen LogP contribution < -0.4 is 5.32 Å². The van der Waals surface area contributed by atoms with Crippen molar-refractivity contribution >= 4 is 17.3 Å². The molecule has 19 heavy (non-hydrogen) atoms. The zero-order valence-corrected chi connectivity index (χ0v) is 11.0. The smallest absolute Gasteiger partial charge is 0.269 e. The molecule has 1 aromatic rings. The number of unbranched alkanes of at least 4 members (excludes halogenated alkanes) is 1. The molecule has 1 aliphatic rings. The van der Waals surface area contributed by atoms with E-state index >= 15 is 0 Å². The molecule has 2 rings (SSSR count). The lowest BCUT2D eigenvalue weighted by Gasteiger charge is -2.04. The molecule has 0 bridgehead atoms. The Balaban J connectivity index is 1.84. The molecule has 0 aliphatic heterocycles. The van der Waals surface area contributed by atoms with Crippen LogP contribution in [0, 0.1) is 22.0 Å². The van der Waals surface area contributed by atoms with Crippen molar-refractivity contribution in [1.29, 1.82) is 0 Å². The number of nitrogens with zero attached hydrogens (tertiary/aromatic N) is 1. The Bertz CT molecular complexity index is 470. The maximum Gasteiger partial charge on any atom is 0.269 e. The quantitative estimate of drug-likeness (QED) is 0.631. The van der Waals surface area contributed by atoms with Crippen molar-refractivity contribution in [1.82, 2.24) is 0 Å². The molecule has 5 heteroatoms. The third kappa shape index (κ3) is 3.53. The fourth-order valence-corrected chi connectivity index (χ4v) is 2.26. The highest BCUT2D eigenvalue weighted by Gasteiger charge is 2.41. The Morgan fingerprint density at radius 2 is 2.11 bits per heavy atom. The summed E-state index contributed by atoms with van der Waals surface area (Å²) in [4.78, 5) is 22.0. The monoisotopic (exact) mass is 262 g/mol. The molecule has 0 unspecified atom stereocenters. The van der Waals surface area contributed by atoms with Gasteiger partial charge >= 0.3 is 0 Å². The van der Waals surface area contributed by atoms with Gasteiger partial charge in [-0.05, 0) is 30.9 Å². The first-order valence-electron chi connectivity index (χ1n) is 6.67. The minimum atomic E-state index is -0.451. The Morgan fingerprint density at radius 3 is 2.68 bits per heavy atom. The average Bonchev–Trinajstić information content (AvgIpc) is 3.16. The molecule has 1 amide bonds. The van der Waals surface area contributed by atoms with E-state index in [0.717, 1.165) is 19.3 Å². The van der Waals surface area contributed by atoms with E-state index in [1.807, 2.05) is 0 Å². The number of hydrogen-bond acceptors (Lipinski definition) is 3. The van der Waals surface area contributed by atoms with Crippen LogP contribution in [0.25, 0.3) is 0 Å². The molecule has 1 fully saturated rings. The molecule has 0 saturated heterocycles. The molecule has 0 aromatic heterocycles. The van der Waals surface area contributed by atoms with Gasteiger partial charge in [0.15, 0.2) is 0 Å². The fourth-order valence-electron chi connectivity index (χ4n) is 2.26. The molecule has 1 saturated carbocycles. The minimum Gasteiger partial charge on any atom is -0.326 e. The van der Waals surface area contributed by atoms with Gasteiger partial charge in [-0.25, -0.2) is 0 Å². The number of hydrogen-bond donors (Lipinski definition) is 1. The second-order valence-electron chi connectivity index (χ2n) is 5.04. The highest BCUT2D eigenvalue weighted by Crippen LogP contribution is 2.43. The first-order valence-corrected chi connectivity index (χ1v) is 6.67. The van der Waals surface area contributed by atoms with Crippen LogP contribution in [0.4, 0.5) is 11.4 Å². The highest BCUT2D eigenvalue weighted by atomic mass is 16.6. The van der Waals surface area contributed by atoms with E-state index in [-0.39, 0.29) is 17.5 Å². The summed E-state index contributed by atoms with van der Waals surface area (Å²) in [7, 11) is 0. The zero-order valence-electron chi connectivity index (χ0n) is 11.0. The summed E-state index contributed by atoms with van der Waals surface area (Å²) < 4.78 is 0. The molecule has 0 heterocycles. The maximum absolute atomic E-state index is 11.9. The summed E-state index contributed by atoms with van der Waals surface area (Å²) in [6.07, 6.45) is 4.42. The summed E-state index contributed by atoms with van der Waals surface area (Å²) in [5, 5.41) is 13.3. The summed E-state index contributed by atoms with van der Waals surface area (Å²) in [5.74, 6) is 0.690. The average molecular weight is 262 g/mol. The molecular formula is C14H18N2O3. The minimum absolute atomic E-state index is 0.0326. The van der Waals surface area contributed by atoms with Gasteiger partial charge in [-0.3, -0.25) is 14.9 Å². The number of nitrogens with one attached hydrogen (secondary N) is 1. The van der Waals surface area contributed by atoms with Crippen LogP contribution in [0.1, 0.15) is 32.6 Å². The van der Waals surface area contributed by atoms with Crippen LogP contribution >= 0.6 is 0 Å². The van der Waals surface area contributed by atoms with Crippen LogP contribution in [0.5, 0.6) is 0 Å². The molecule has 1 aromatic carbocycles. The van der Waals surface area contributed by atoms with Gasteiger partial charge in [0.2, 0.25) is 5.91 Å². The van der Waals surface area contributed by atoms with Crippen molar-refractivity contribution in [3.63, 3.8) is 0 Å². The highest BCUT2D eigenvalue weighted by molar-refractivity contribution is 5.94. The van der Waals surface area contributed by atoms with E-state index in [2.05, 4.69) is 12.2 Å². The predicted octanol–water partition coefficient (Wildman–Crippen LogP) is 3.36. The van der Waals surface area contributed by atoms with Gasteiger partial charge in [-0.15, -0.1) is 0 Å². The van der Waals surface area contributed by atoms with E-state index in [4.69, 9.17) is 0 Å². The summed E-state index contributed by atoms with van der Waals surface area (Å²) in [6, 6.07) is 5.94. The molecule has 2 atom stereocenters. The number of non-ortho nitro benzene ring substituents is 1. The van der Waals surface area contributed by atoms with Crippen LogP contribution in [-0.2, 0) is 4.79 Å². The van der Waals surface area contributed by atoms with Gasteiger partial charge in [-0.2, -0.15) is 0 Å². The van der Waals surface area contributed by atoms with Crippen molar-refractivity contribution in [2.24, 2.45) is 11.8 Å². The van der Waals surface area contributed by atoms with E-state index in [0.29, 0.717) is 11.6 Å². The Kier molecular flexibility index (Phi) is 4.14. The number of rotatable bonds is 6. The number of carbonyl (C=O) groups excluding carboxylic acids is 1. The number of carbonyl (C=O) groups is 1. The summed E-state index contributed by atoms with van der Waals surface area (Å²) >= 11 is 0. The van der Waals surface area contributed by atoms with Crippen molar-refractivity contribution < 1.29 is 9.72 Å². The first kappa shape index (κ1) is 13.5. The summed E-state index contributed by atoms with van der Waals surface area (Å²) in [5.41, 5.74) is 0.655. The topological polar surface area (TPSA) is 72.2 Å². The normalized spacial score (nSPS) is 20.9. The van der Waals surface area contributed by atoms with Crippen molar-refractivity contribution in [2.75, 3.05) is 5.32 Å². The number of amides is 1. The van der Waals surface area contributed by atoms with Crippen molar-refractivity contribution in [3.8, 4) is 0 Å². The van der Waals surface area contributed by atoms with E-state index in [9.17, 15) is 14.9 Å². The van der Waals surface area contributed by atoms with Crippen molar-refractivity contribution in [3.05, 3.63) is 34.4 Å². The molecule has 0 spiro atoms. The first-order chi connectivity index (χ1) is 9.11. The predicted molar refractivity (Wildman–Crippen MR) is 72.8 cm³/mol. The zero-order chi connectivity index (χ0) is 13.8. The number of benzene rings is 1. The molecule has 1 aliphatic carbocycles. The molecule has 102 valence electrons. The molecule has 5 nitrogen and oxygen atoms in total. The number of nitro groups is 1. The van der Waals surface area contributed by atoms with Crippen molar-refractivity contribution in [2.45, 2.75) is 32.6 Å². The Labute approximate surface area is 112 Å². The third-order valence-electron chi connectivity index (χ3n) is 3.53. The van der Waals surface area contributed by atoms with Crippen LogP contribution in [-0.4, -0.2) is 10.8 Å². The third-order valence-corrected chi connectivity index (χ3v) is 3.53. The lowest BCUT2D eigenvalue weighted by molar-refractivity contribution is -0.384. The van der Waals surface area contributed by atoms with Gasteiger partial charge in [-0.1, -0.05) is 19.8 Å². The largest absolute Gasteiger partial charge is 0.326 e. The van der Waals surface area contributed by atoms with Crippen LogP contribution in [0.15, 0.2) is 24.3 Å². The summed E-state index contributed by atoms with van der Waals surface area (Å²) in [6.45, 7) is 2.15. The molecule has 1 N–H and O–H groups in total. The lowest BCUT2D eigenvalue weighted by atomic mass is 10.1. The molecule has 0 radical (unpaired) electrons. The Hall–Kier alpha value is -1.91. The number of nitro benzene ring substituents is 1. The van der Waals surface area contributed by atoms with Gasteiger partial charge < -0.3 is 5.32 Å². The molecular weight excluding hydrogens is 244 g/mol.